The van der Waals surface area contributed by atoms with Crippen LogP contribution >= 0.6 is 11.6 Å². The minimum Gasteiger partial charge on any atom is -0.345 e. The molecule has 3 rings (SSSR count). The van der Waals surface area contributed by atoms with Crippen molar-refractivity contribution in [3.63, 3.8) is 0 Å². The van der Waals surface area contributed by atoms with Gasteiger partial charge in [-0.25, -0.2) is 4.39 Å². The molecule has 0 spiro atoms. The van der Waals surface area contributed by atoms with Gasteiger partial charge in [-0.2, -0.15) is 4.68 Å². The Balaban J connectivity index is 1.77. The molecule has 0 saturated carbocycles. The molecule has 0 atom stereocenters. The minimum atomic E-state index is -0.683. The van der Waals surface area contributed by atoms with Gasteiger partial charge in [-0.3, -0.25) is 4.79 Å². The third-order valence-electron chi connectivity index (χ3n) is 3.13. The maximum Gasteiger partial charge on any atom is 0.256 e. The van der Waals surface area contributed by atoms with Crippen LogP contribution in [-0.2, 0) is 6.54 Å². The van der Waals surface area contributed by atoms with E-state index in [0.29, 0.717) is 5.82 Å². The summed E-state index contributed by atoms with van der Waals surface area (Å²) in [5.41, 5.74) is 0.554. The summed E-state index contributed by atoms with van der Waals surface area (Å²) in [6.45, 7) is 0.0331. The van der Waals surface area contributed by atoms with Gasteiger partial charge < -0.3 is 5.32 Å². The molecule has 1 amide bonds. The van der Waals surface area contributed by atoms with Crippen LogP contribution in [0.3, 0.4) is 0 Å². The molecule has 23 heavy (non-hydrogen) atoms. The standard InChI is InChI=1S/C15H11ClFN5O/c16-11-7-4-8-12(17)14(11)15(23)18-9-13-19-20-21-22(13)10-5-2-1-3-6-10/h1-8H,9H2,(H,18,23). The van der Waals surface area contributed by atoms with Gasteiger partial charge in [0.15, 0.2) is 5.82 Å². The number of rotatable bonds is 4. The number of tetrazole rings is 1. The van der Waals surface area contributed by atoms with Gasteiger partial charge in [-0.1, -0.05) is 35.9 Å². The summed E-state index contributed by atoms with van der Waals surface area (Å²) in [7, 11) is 0. The predicted octanol–water partition coefficient (Wildman–Crippen LogP) is 2.38. The van der Waals surface area contributed by atoms with Gasteiger partial charge in [-0.05, 0) is 34.7 Å². The molecule has 2 aromatic carbocycles. The number of nitrogens with one attached hydrogen (secondary N) is 1. The van der Waals surface area contributed by atoms with E-state index in [2.05, 4.69) is 20.8 Å². The number of carbonyl (C=O) groups excluding carboxylic acids is 1. The van der Waals surface area contributed by atoms with Crippen molar-refractivity contribution in [3.8, 4) is 5.69 Å². The first kappa shape index (κ1) is 15.1. The van der Waals surface area contributed by atoms with E-state index >= 15 is 0 Å². The van der Waals surface area contributed by atoms with Crippen molar-refractivity contribution in [2.75, 3.05) is 0 Å². The highest BCUT2D eigenvalue weighted by molar-refractivity contribution is 6.33. The molecule has 0 unspecified atom stereocenters. The number of nitrogens with zero attached hydrogens (tertiary/aromatic N) is 4. The Morgan fingerprint density at radius 3 is 2.70 bits per heavy atom. The van der Waals surface area contributed by atoms with E-state index < -0.39 is 11.7 Å². The van der Waals surface area contributed by atoms with E-state index in [1.54, 1.807) is 0 Å². The molecule has 0 saturated heterocycles. The molecule has 0 aliphatic carbocycles. The predicted molar refractivity (Wildman–Crippen MR) is 81.7 cm³/mol. The van der Waals surface area contributed by atoms with Crippen LogP contribution in [0.25, 0.3) is 5.69 Å². The zero-order valence-electron chi connectivity index (χ0n) is 11.8. The number of benzene rings is 2. The molecule has 0 aliphatic heterocycles. The van der Waals surface area contributed by atoms with Crippen LogP contribution in [0.4, 0.5) is 4.39 Å². The van der Waals surface area contributed by atoms with E-state index in [9.17, 15) is 9.18 Å². The van der Waals surface area contributed by atoms with Crippen LogP contribution in [0.5, 0.6) is 0 Å². The van der Waals surface area contributed by atoms with Crippen molar-refractivity contribution in [2.24, 2.45) is 0 Å². The van der Waals surface area contributed by atoms with Crippen molar-refractivity contribution >= 4 is 17.5 Å². The zero-order chi connectivity index (χ0) is 16.2. The highest BCUT2D eigenvalue weighted by Gasteiger charge is 2.17. The van der Waals surface area contributed by atoms with Gasteiger partial charge in [0.1, 0.15) is 5.82 Å². The van der Waals surface area contributed by atoms with Gasteiger partial charge in [-0.15, -0.1) is 5.10 Å². The fraction of sp³-hybridized carbons (Fsp3) is 0.0667. The summed E-state index contributed by atoms with van der Waals surface area (Å²) >= 11 is 5.87. The number of hydrogen-bond donors (Lipinski definition) is 1. The lowest BCUT2D eigenvalue weighted by atomic mass is 10.2. The lowest BCUT2D eigenvalue weighted by Gasteiger charge is -2.08. The SMILES string of the molecule is O=C(NCc1nnnn1-c1ccccc1)c1c(F)cccc1Cl. The van der Waals surface area contributed by atoms with Crippen LogP contribution in [0.15, 0.2) is 48.5 Å². The molecule has 8 heteroatoms. The quantitative estimate of drug-likeness (QED) is 0.796. The van der Waals surface area contributed by atoms with Crippen molar-refractivity contribution in [3.05, 3.63) is 70.8 Å². The normalized spacial score (nSPS) is 10.5. The van der Waals surface area contributed by atoms with Crippen LogP contribution < -0.4 is 5.32 Å². The monoisotopic (exact) mass is 331 g/mol. The van der Waals surface area contributed by atoms with Crippen LogP contribution in [0.2, 0.25) is 5.02 Å². The first-order valence-corrected chi connectivity index (χ1v) is 7.09. The van der Waals surface area contributed by atoms with Gasteiger partial charge >= 0.3 is 0 Å². The molecule has 0 bridgehead atoms. The largest absolute Gasteiger partial charge is 0.345 e. The first-order valence-electron chi connectivity index (χ1n) is 6.71. The molecular formula is C15H11ClFN5O. The van der Waals surface area contributed by atoms with Gasteiger partial charge in [0, 0.05) is 0 Å². The van der Waals surface area contributed by atoms with Crippen LogP contribution in [0, 0.1) is 5.82 Å². The Hall–Kier alpha value is -2.80. The maximum absolute atomic E-state index is 13.7. The molecule has 1 aromatic heterocycles. The van der Waals surface area contributed by atoms with E-state index in [4.69, 9.17) is 11.6 Å². The second kappa shape index (κ2) is 6.53. The van der Waals surface area contributed by atoms with E-state index in [1.165, 1.54) is 22.9 Å². The highest BCUT2D eigenvalue weighted by Crippen LogP contribution is 2.18. The molecular weight excluding hydrogens is 321 g/mol. The summed E-state index contributed by atoms with van der Waals surface area (Å²) in [4.78, 5) is 12.1. The molecule has 3 aromatic rings. The Morgan fingerprint density at radius 1 is 1.17 bits per heavy atom. The Kier molecular flexibility index (Phi) is 4.29. The summed E-state index contributed by atoms with van der Waals surface area (Å²) in [6, 6.07) is 13.3. The van der Waals surface area contributed by atoms with Gasteiger partial charge in [0.25, 0.3) is 5.91 Å². The zero-order valence-corrected chi connectivity index (χ0v) is 12.5. The van der Waals surface area contributed by atoms with Gasteiger partial charge in [0.2, 0.25) is 0 Å². The fourth-order valence-corrected chi connectivity index (χ4v) is 2.30. The average Bonchev–Trinajstić information content (AvgIpc) is 3.02. The van der Waals surface area contributed by atoms with E-state index in [0.717, 1.165) is 5.69 Å². The fourth-order valence-electron chi connectivity index (χ4n) is 2.05. The van der Waals surface area contributed by atoms with E-state index in [-0.39, 0.29) is 17.1 Å². The summed E-state index contributed by atoms with van der Waals surface area (Å²) in [5.74, 6) is -0.898. The molecule has 0 radical (unpaired) electrons. The third kappa shape index (κ3) is 3.19. The number of aromatic nitrogens is 4. The Morgan fingerprint density at radius 2 is 1.96 bits per heavy atom. The van der Waals surface area contributed by atoms with Crippen LogP contribution in [-0.4, -0.2) is 26.1 Å². The van der Waals surface area contributed by atoms with Crippen molar-refractivity contribution in [2.45, 2.75) is 6.54 Å². The van der Waals surface area contributed by atoms with Crippen molar-refractivity contribution in [1.82, 2.24) is 25.5 Å². The highest BCUT2D eigenvalue weighted by atomic mass is 35.5. The molecule has 116 valence electrons. The van der Waals surface area contributed by atoms with Crippen LogP contribution in [0.1, 0.15) is 16.2 Å². The maximum atomic E-state index is 13.7. The number of amides is 1. The van der Waals surface area contributed by atoms with Crippen molar-refractivity contribution in [1.29, 1.82) is 0 Å². The Bertz CT molecular complexity index is 817. The molecule has 0 fully saturated rings. The summed E-state index contributed by atoms with van der Waals surface area (Å²) < 4.78 is 15.2. The second-order valence-electron chi connectivity index (χ2n) is 4.62. The number of hydrogen-bond acceptors (Lipinski definition) is 4. The number of para-hydroxylation sites is 1. The lowest BCUT2D eigenvalue weighted by Crippen LogP contribution is -2.26. The van der Waals surface area contributed by atoms with E-state index in [1.807, 2.05) is 30.3 Å². The van der Waals surface area contributed by atoms with Gasteiger partial charge in [0.05, 0.1) is 22.8 Å². The number of halogens is 2. The first-order chi connectivity index (χ1) is 11.2. The molecule has 1 heterocycles. The minimum absolute atomic E-state index is 0.0331. The molecule has 1 N–H and O–H groups in total. The molecule has 0 aliphatic rings. The molecule has 6 nitrogen and oxygen atoms in total. The summed E-state index contributed by atoms with van der Waals surface area (Å²) in [6.07, 6.45) is 0. The van der Waals surface area contributed by atoms with Crippen molar-refractivity contribution < 1.29 is 9.18 Å². The third-order valence-corrected chi connectivity index (χ3v) is 3.45. The number of carbonyl (C=O) groups is 1. The lowest BCUT2D eigenvalue weighted by molar-refractivity contribution is 0.0945. The topological polar surface area (TPSA) is 72.7 Å². The average molecular weight is 332 g/mol. The summed E-state index contributed by atoms with van der Waals surface area (Å²) in [5, 5.41) is 13.9. The Labute approximate surface area is 135 Å². The second-order valence-corrected chi connectivity index (χ2v) is 5.03. The smallest absolute Gasteiger partial charge is 0.256 e.